The molecule has 1 aliphatic heterocycles. The zero-order valence-electron chi connectivity index (χ0n) is 19.1. The number of benzene rings is 2. The fraction of sp³-hybridized carbons (Fsp3) is 0.346. The van der Waals surface area contributed by atoms with Gasteiger partial charge in [-0.1, -0.05) is 18.2 Å². The van der Waals surface area contributed by atoms with Gasteiger partial charge in [0, 0.05) is 18.7 Å². The van der Waals surface area contributed by atoms with Crippen LogP contribution in [0, 0.1) is 18.7 Å². The molecule has 0 saturated carbocycles. The largest absolute Gasteiger partial charge is 0.496 e. The zero-order valence-corrected chi connectivity index (χ0v) is 19.1. The highest BCUT2D eigenvalue weighted by molar-refractivity contribution is 6.51. The molecule has 0 aliphatic carbocycles. The molecule has 174 valence electrons. The lowest BCUT2D eigenvalue weighted by Gasteiger charge is -2.32. The average molecular weight is 454 g/mol. The Kier molecular flexibility index (Phi) is 7.63. The third kappa shape index (κ3) is 5.48. The van der Waals surface area contributed by atoms with Crippen LogP contribution in [0.25, 0.3) is 5.57 Å². The molecule has 0 spiro atoms. The van der Waals surface area contributed by atoms with E-state index in [2.05, 4.69) is 0 Å². The molecule has 3 rings (SSSR count). The van der Waals surface area contributed by atoms with Gasteiger partial charge in [0.1, 0.15) is 11.6 Å². The summed E-state index contributed by atoms with van der Waals surface area (Å²) in [5, 5.41) is 9.15. The second-order valence-electron chi connectivity index (χ2n) is 8.27. The monoisotopic (exact) mass is 453 g/mol. The first-order valence-electron chi connectivity index (χ1n) is 10.9. The molecule has 2 aromatic rings. The molecule has 0 aromatic heterocycles. The summed E-state index contributed by atoms with van der Waals surface area (Å²) in [7, 11) is 1.47. The number of allylic oxidation sites excluding steroid dienone is 1. The van der Waals surface area contributed by atoms with Crippen molar-refractivity contribution in [2.75, 3.05) is 20.2 Å². The number of carbonyl (C=O) groups is 3. The molecular weight excluding hydrogens is 425 g/mol. The number of carboxylic acid groups (broad SMARTS) is 1. The minimum absolute atomic E-state index is 0.0368. The van der Waals surface area contributed by atoms with E-state index in [4.69, 9.17) is 9.84 Å². The van der Waals surface area contributed by atoms with E-state index in [1.807, 2.05) is 0 Å². The molecule has 33 heavy (non-hydrogen) atoms. The molecule has 1 fully saturated rings. The first-order valence-corrected chi connectivity index (χ1v) is 10.9. The number of amides is 1. The Morgan fingerprint density at radius 2 is 1.76 bits per heavy atom. The summed E-state index contributed by atoms with van der Waals surface area (Å²) in [6, 6.07) is 9.72. The number of halogens is 1. The van der Waals surface area contributed by atoms with Gasteiger partial charge in [-0.3, -0.25) is 9.59 Å². The summed E-state index contributed by atoms with van der Waals surface area (Å²) in [6.07, 6.45) is 3.92. The van der Waals surface area contributed by atoms with Crippen molar-refractivity contribution in [2.45, 2.75) is 33.1 Å². The van der Waals surface area contributed by atoms with Gasteiger partial charge in [-0.25, -0.2) is 9.18 Å². The van der Waals surface area contributed by atoms with E-state index >= 15 is 0 Å². The number of aliphatic carboxylic acids is 1. The number of ether oxygens (including phenoxy) is 1. The van der Waals surface area contributed by atoms with Crippen LogP contribution in [0.1, 0.15) is 46.8 Å². The van der Waals surface area contributed by atoms with Gasteiger partial charge in [0.15, 0.2) is 0 Å². The van der Waals surface area contributed by atoms with Gasteiger partial charge >= 0.3 is 5.97 Å². The molecule has 7 heteroatoms. The van der Waals surface area contributed by atoms with Crippen LogP contribution in [0.4, 0.5) is 4.39 Å². The maximum Gasteiger partial charge on any atom is 0.377 e. The van der Waals surface area contributed by atoms with Gasteiger partial charge in [-0.05, 0) is 80.0 Å². The van der Waals surface area contributed by atoms with Gasteiger partial charge in [0.05, 0.1) is 12.7 Å². The van der Waals surface area contributed by atoms with Crippen LogP contribution in [0.3, 0.4) is 0 Å². The lowest BCUT2D eigenvalue weighted by Crippen LogP contribution is -2.39. The van der Waals surface area contributed by atoms with Gasteiger partial charge < -0.3 is 14.7 Å². The van der Waals surface area contributed by atoms with Crippen molar-refractivity contribution in [3.8, 4) is 5.75 Å². The fourth-order valence-electron chi connectivity index (χ4n) is 4.30. The molecule has 0 unspecified atom stereocenters. The van der Waals surface area contributed by atoms with Crippen molar-refractivity contribution in [3.05, 3.63) is 70.5 Å². The first-order chi connectivity index (χ1) is 15.7. The Morgan fingerprint density at radius 3 is 2.30 bits per heavy atom. The van der Waals surface area contributed by atoms with Crippen molar-refractivity contribution in [3.63, 3.8) is 0 Å². The molecule has 1 N–H and O–H groups in total. The van der Waals surface area contributed by atoms with Crippen LogP contribution in [0.5, 0.6) is 5.75 Å². The quantitative estimate of drug-likeness (QED) is 0.499. The van der Waals surface area contributed by atoms with Crippen LogP contribution >= 0.6 is 0 Å². The van der Waals surface area contributed by atoms with Crippen molar-refractivity contribution >= 4 is 23.2 Å². The van der Waals surface area contributed by atoms with Crippen molar-refractivity contribution < 1.29 is 28.6 Å². The third-order valence-electron chi connectivity index (χ3n) is 6.13. The molecule has 0 radical (unpaired) electrons. The van der Waals surface area contributed by atoms with Crippen molar-refractivity contribution in [2.24, 2.45) is 5.92 Å². The molecule has 6 nitrogen and oxygen atoms in total. The zero-order chi connectivity index (χ0) is 24.1. The predicted octanol–water partition coefficient (Wildman–Crippen LogP) is 4.29. The number of Topliss-reactive ketones (excluding diaryl/α,β-unsaturated/α-hetero) is 1. The van der Waals surface area contributed by atoms with Crippen LogP contribution in [0.2, 0.25) is 0 Å². The number of carboxylic acids is 1. The van der Waals surface area contributed by atoms with Crippen LogP contribution in [0.15, 0.2) is 42.5 Å². The highest BCUT2D eigenvalue weighted by atomic mass is 19.1. The lowest BCUT2D eigenvalue weighted by atomic mass is 9.89. The smallest absolute Gasteiger partial charge is 0.377 e. The fourth-order valence-corrected chi connectivity index (χ4v) is 4.30. The minimum Gasteiger partial charge on any atom is -0.496 e. The first kappa shape index (κ1) is 24.2. The Morgan fingerprint density at radius 1 is 1.12 bits per heavy atom. The summed E-state index contributed by atoms with van der Waals surface area (Å²) in [4.78, 5) is 38.5. The number of rotatable bonds is 7. The molecule has 1 saturated heterocycles. The van der Waals surface area contributed by atoms with E-state index in [1.165, 1.54) is 25.3 Å². The highest BCUT2D eigenvalue weighted by Crippen LogP contribution is 2.31. The molecule has 1 aliphatic rings. The molecule has 1 amide bonds. The maximum atomic E-state index is 13.3. The summed E-state index contributed by atoms with van der Waals surface area (Å²) in [5.41, 5.74) is 2.46. The molecule has 0 bridgehead atoms. The summed E-state index contributed by atoms with van der Waals surface area (Å²) >= 11 is 0. The molecule has 0 atom stereocenters. The SMILES string of the molecule is C/C=C(/C(=O)C(=O)O)c1cc(C(=O)N2CCC(Cc3ccc(F)cc3)CC2)c(OC)cc1C. The second kappa shape index (κ2) is 10.4. The second-order valence-corrected chi connectivity index (χ2v) is 8.27. The Bertz CT molecular complexity index is 1080. The van der Waals surface area contributed by atoms with E-state index in [0.29, 0.717) is 41.4 Å². The average Bonchev–Trinajstić information content (AvgIpc) is 2.81. The van der Waals surface area contributed by atoms with Crippen molar-refractivity contribution in [1.82, 2.24) is 4.90 Å². The maximum absolute atomic E-state index is 13.3. The van der Waals surface area contributed by atoms with E-state index in [1.54, 1.807) is 43.0 Å². The van der Waals surface area contributed by atoms with Crippen LogP contribution < -0.4 is 4.74 Å². The normalized spacial score (nSPS) is 14.8. The number of methoxy groups -OCH3 is 1. The highest BCUT2D eigenvalue weighted by Gasteiger charge is 2.28. The van der Waals surface area contributed by atoms with E-state index in [9.17, 15) is 18.8 Å². The third-order valence-corrected chi connectivity index (χ3v) is 6.13. The topological polar surface area (TPSA) is 83.9 Å². The van der Waals surface area contributed by atoms with Crippen LogP contribution in [-0.4, -0.2) is 47.9 Å². The Balaban J connectivity index is 1.78. The molecule has 1 heterocycles. The lowest BCUT2D eigenvalue weighted by molar-refractivity contribution is -0.146. The minimum atomic E-state index is -1.55. The van der Waals surface area contributed by atoms with Gasteiger partial charge in [0.25, 0.3) is 11.7 Å². The number of aryl methyl sites for hydroxylation is 1. The summed E-state index contributed by atoms with van der Waals surface area (Å²) in [5.74, 6) is -2.26. The Hall–Kier alpha value is -3.48. The number of likely N-dealkylation sites (tertiary alicyclic amines) is 1. The number of nitrogens with zero attached hydrogens (tertiary/aromatic N) is 1. The standard InChI is InChI=1S/C26H28FNO5/c1-4-20(24(29)26(31)32)21-15-22(23(33-3)13-16(21)2)25(30)28-11-9-18(10-12-28)14-17-5-7-19(27)8-6-17/h4-8,13,15,18H,9-12,14H2,1-3H3,(H,31,32)/b20-4+. The summed E-state index contributed by atoms with van der Waals surface area (Å²) < 4.78 is 18.6. The number of ketones is 1. The molecular formula is C26H28FNO5. The van der Waals surface area contributed by atoms with Gasteiger partial charge in [0.2, 0.25) is 0 Å². The van der Waals surface area contributed by atoms with Crippen LogP contribution in [-0.2, 0) is 16.0 Å². The Labute approximate surface area is 192 Å². The van der Waals surface area contributed by atoms with E-state index in [-0.39, 0.29) is 17.3 Å². The number of hydrogen-bond acceptors (Lipinski definition) is 4. The van der Waals surface area contributed by atoms with E-state index < -0.39 is 11.8 Å². The van der Waals surface area contributed by atoms with Crippen molar-refractivity contribution in [1.29, 1.82) is 0 Å². The predicted molar refractivity (Wildman–Crippen MR) is 123 cm³/mol. The summed E-state index contributed by atoms with van der Waals surface area (Å²) in [6.45, 7) is 4.47. The number of carbonyl (C=O) groups excluding carboxylic acids is 2. The van der Waals surface area contributed by atoms with Gasteiger partial charge in [-0.15, -0.1) is 0 Å². The number of piperidine rings is 1. The number of hydrogen-bond donors (Lipinski definition) is 1. The van der Waals surface area contributed by atoms with Gasteiger partial charge in [-0.2, -0.15) is 0 Å². The van der Waals surface area contributed by atoms with E-state index in [0.717, 1.165) is 24.8 Å². The molecule has 2 aromatic carbocycles.